The van der Waals surface area contributed by atoms with Crippen LogP contribution >= 0.6 is 11.8 Å². The Balaban J connectivity index is 1.21. The number of aromatic nitrogens is 1. The van der Waals surface area contributed by atoms with Crippen molar-refractivity contribution in [3.05, 3.63) is 83.4 Å². The normalized spacial score (nSPS) is 23.1. The molecule has 0 saturated heterocycles. The highest BCUT2D eigenvalue weighted by Gasteiger charge is 2.54. The number of fused-ring (bicyclic) bond motifs is 3. The molecule has 7 nitrogen and oxygen atoms in total. The maximum Gasteiger partial charge on any atom is 0.339 e. The minimum absolute atomic E-state index is 0.0171. The molecule has 8 rings (SSSR count). The Hall–Kier alpha value is -4.04. The molecule has 4 saturated carbocycles. The number of thioether (sulfide) groups is 1. The molecule has 1 heterocycles. The first kappa shape index (κ1) is 32.5. The number of aryl methyl sites for hydroxylation is 1. The van der Waals surface area contributed by atoms with Gasteiger partial charge in [0.25, 0.3) is 0 Å². The van der Waals surface area contributed by atoms with Gasteiger partial charge < -0.3 is 9.40 Å². The predicted molar refractivity (Wildman–Crippen MR) is 190 cm³/mol. The van der Waals surface area contributed by atoms with Crippen molar-refractivity contribution in [1.82, 2.24) is 4.57 Å². The van der Waals surface area contributed by atoms with Crippen molar-refractivity contribution in [2.75, 3.05) is 5.75 Å². The predicted octanol–water partition coefficient (Wildman–Crippen LogP) is 8.60. The molecule has 0 atom stereocenters. The highest BCUT2D eigenvalue weighted by molar-refractivity contribution is 8.13. The van der Waals surface area contributed by atoms with Gasteiger partial charge in [0.05, 0.1) is 6.42 Å². The van der Waals surface area contributed by atoms with Gasteiger partial charge in [-0.15, -0.1) is 0 Å². The molecule has 4 fully saturated rings. The maximum absolute atomic E-state index is 14.3. The van der Waals surface area contributed by atoms with Gasteiger partial charge in [-0.3, -0.25) is 14.4 Å². The summed E-state index contributed by atoms with van der Waals surface area (Å²) in [4.78, 5) is 58.5. The number of Topliss-reactive ketones (excluding diaryl/α,β-unsaturated/α-hetero) is 2. The number of oxime groups is 1. The van der Waals surface area contributed by atoms with Gasteiger partial charge in [0, 0.05) is 57.7 Å². The second-order valence-electron chi connectivity index (χ2n) is 14.0. The van der Waals surface area contributed by atoms with Crippen LogP contribution in [0, 0.1) is 23.2 Å². The van der Waals surface area contributed by atoms with Crippen LogP contribution in [0.3, 0.4) is 0 Å². The average Bonchev–Trinajstić information content (AvgIpc) is 3.39. The fraction of sp³-hybridized carbons (Fsp3) is 0.425. The van der Waals surface area contributed by atoms with E-state index >= 15 is 0 Å². The molecule has 0 radical (unpaired) electrons. The first-order chi connectivity index (χ1) is 23.3. The van der Waals surface area contributed by atoms with E-state index in [4.69, 9.17) is 4.84 Å². The van der Waals surface area contributed by atoms with Gasteiger partial charge in [0.1, 0.15) is 5.71 Å². The van der Waals surface area contributed by atoms with E-state index in [-0.39, 0.29) is 41.3 Å². The van der Waals surface area contributed by atoms with Crippen LogP contribution in [0.4, 0.5) is 0 Å². The van der Waals surface area contributed by atoms with Gasteiger partial charge in [0.2, 0.25) is 5.78 Å². The Bertz CT molecular complexity index is 1910. The minimum Gasteiger partial charge on any atom is -0.341 e. The largest absolute Gasteiger partial charge is 0.341 e. The number of hydrogen-bond donors (Lipinski definition) is 0. The molecule has 4 aromatic rings. The first-order valence-corrected chi connectivity index (χ1v) is 18.4. The molecule has 4 aliphatic carbocycles. The van der Waals surface area contributed by atoms with Crippen molar-refractivity contribution in [3.63, 3.8) is 0 Å². The molecule has 3 aromatic carbocycles. The summed E-state index contributed by atoms with van der Waals surface area (Å²) in [6, 6.07) is 20.8. The molecule has 0 spiro atoms. The number of benzene rings is 3. The molecule has 1 aromatic heterocycles. The van der Waals surface area contributed by atoms with Crippen molar-refractivity contribution in [1.29, 1.82) is 0 Å². The molecule has 248 valence electrons. The fourth-order valence-electron chi connectivity index (χ4n) is 9.14. The number of nitrogens with zero attached hydrogens (tertiary/aromatic N) is 2. The third-order valence-electron chi connectivity index (χ3n) is 10.8. The first-order valence-electron chi connectivity index (χ1n) is 17.4. The monoisotopic (exact) mass is 662 g/mol. The highest BCUT2D eigenvalue weighted by atomic mass is 32.2. The van der Waals surface area contributed by atoms with E-state index in [1.807, 2.05) is 61.5 Å². The van der Waals surface area contributed by atoms with Crippen LogP contribution in [-0.4, -0.2) is 38.7 Å². The van der Waals surface area contributed by atoms with Crippen LogP contribution in [0.2, 0.25) is 0 Å². The number of carbonyl (C=O) groups is 4. The molecular weight excluding hydrogens is 621 g/mol. The van der Waals surface area contributed by atoms with E-state index in [9.17, 15) is 19.2 Å². The van der Waals surface area contributed by atoms with Crippen LogP contribution in [-0.2, 0) is 27.4 Å². The average molecular weight is 663 g/mol. The quantitative estimate of drug-likeness (QED) is 0.0653. The van der Waals surface area contributed by atoms with Crippen molar-refractivity contribution in [3.8, 4) is 0 Å². The number of carbonyl (C=O) groups excluding carboxylic acids is 4. The van der Waals surface area contributed by atoms with E-state index in [1.54, 1.807) is 6.07 Å². The zero-order valence-corrected chi connectivity index (χ0v) is 28.5. The summed E-state index contributed by atoms with van der Waals surface area (Å²) in [6.45, 7) is 4.72. The van der Waals surface area contributed by atoms with E-state index in [1.165, 1.54) is 31.0 Å². The summed E-state index contributed by atoms with van der Waals surface area (Å²) in [5, 5.41) is 5.80. The minimum atomic E-state index is -0.585. The van der Waals surface area contributed by atoms with Gasteiger partial charge >= 0.3 is 5.97 Å². The maximum atomic E-state index is 14.3. The molecule has 0 amide bonds. The zero-order chi connectivity index (χ0) is 33.4. The van der Waals surface area contributed by atoms with Crippen molar-refractivity contribution < 1.29 is 24.0 Å². The number of hydrogen-bond acceptors (Lipinski definition) is 7. The second-order valence-corrected chi connectivity index (χ2v) is 15.4. The summed E-state index contributed by atoms with van der Waals surface area (Å²) < 4.78 is 2.21. The summed E-state index contributed by atoms with van der Waals surface area (Å²) in [5.41, 5.74) is 3.72. The summed E-state index contributed by atoms with van der Waals surface area (Å²) in [5.74, 6) is 2.00. The van der Waals surface area contributed by atoms with Gasteiger partial charge in [-0.2, -0.15) is 0 Å². The molecule has 0 unspecified atom stereocenters. The van der Waals surface area contributed by atoms with E-state index in [2.05, 4.69) is 22.7 Å². The van der Waals surface area contributed by atoms with Gasteiger partial charge in [-0.25, -0.2) is 4.79 Å². The zero-order valence-electron chi connectivity index (χ0n) is 27.7. The molecule has 4 bridgehead atoms. The van der Waals surface area contributed by atoms with Crippen LogP contribution in [0.5, 0.6) is 0 Å². The Morgan fingerprint density at radius 1 is 0.812 bits per heavy atom. The van der Waals surface area contributed by atoms with Crippen LogP contribution in [0.15, 0.2) is 71.9 Å². The van der Waals surface area contributed by atoms with E-state index in [0.717, 1.165) is 58.7 Å². The molecular formula is C40H42N2O5S. The van der Waals surface area contributed by atoms with Crippen molar-refractivity contribution in [2.24, 2.45) is 28.3 Å². The molecule has 48 heavy (non-hydrogen) atoms. The van der Waals surface area contributed by atoms with Gasteiger partial charge in [-0.1, -0.05) is 54.2 Å². The Morgan fingerprint density at radius 3 is 2.02 bits per heavy atom. The van der Waals surface area contributed by atoms with Gasteiger partial charge in [0.15, 0.2) is 10.9 Å². The highest BCUT2D eigenvalue weighted by Crippen LogP contribution is 2.61. The Labute approximate surface area is 285 Å². The molecule has 8 heteroatoms. The molecule has 0 N–H and O–H groups in total. The number of ketones is 2. The van der Waals surface area contributed by atoms with Crippen molar-refractivity contribution >= 4 is 61.9 Å². The lowest BCUT2D eigenvalue weighted by Gasteiger charge is -2.56. The van der Waals surface area contributed by atoms with Gasteiger partial charge in [-0.05, 0) is 111 Å². The van der Waals surface area contributed by atoms with Crippen LogP contribution < -0.4 is 0 Å². The third kappa shape index (κ3) is 6.27. The van der Waals surface area contributed by atoms with E-state index in [0.29, 0.717) is 29.1 Å². The standard InChI is InChI=1S/C40H42N2O5S/c1-3-42-34-13-10-29(38(45)33(12-15-37(44)48-4-2)41-47-36(43)19-25-8-6-5-7-9-25)20-31(34)32-21-30(11-14-35(32)42)39(46)40-22-26-16-27(23-40)18-28(17-26)24-40/h5-11,13-14,20-21,26-28H,3-4,12,15-19,22-24H2,1-2H3/b41-33-. The summed E-state index contributed by atoms with van der Waals surface area (Å²) in [7, 11) is 0. The summed E-state index contributed by atoms with van der Waals surface area (Å²) in [6.07, 6.45) is 7.09. The fourth-order valence-corrected chi connectivity index (χ4v) is 9.71. The molecule has 4 aliphatic rings. The number of rotatable bonds is 12. The van der Waals surface area contributed by atoms with E-state index < -0.39 is 11.8 Å². The molecule has 0 aliphatic heterocycles. The summed E-state index contributed by atoms with van der Waals surface area (Å²) >= 11 is 1.19. The second kappa shape index (κ2) is 13.5. The van der Waals surface area contributed by atoms with Crippen LogP contribution in [0.25, 0.3) is 21.8 Å². The van der Waals surface area contributed by atoms with Crippen LogP contribution in [0.1, 0.15) is 91.5 Å². The third-order valence-corrected chi connectivity index (χ3v) is 11.6. The topological polar surface area (TPSA) is 94.8 Å². The SMILES string of the molecule is CCSC(=O)CC/C(=N/OC(=O)Cc1ccccc1)C(=O)c1ccc2c(c1)c1cc(C(=O)C34CC5CC(CC(C5)C3)C4)ccc1n2CC. The lowest BCUT2D eigenvalue weighted by atomic mass is 9.48. The lowest BCUT2D eigenvalue weighted by molar-refractivity contribution is -0.142. The Morgan fingerprint density at radius 2 is 1.42 bits per heavy atom. The van der Waals surface area contributed by atoms with Crippen molar-refractivity contribution in [2.45, 2.75) is 78.2 Å². The lowest BCUT2D eigenvalue weighted by Crippen LogP contribution is -2.50. The smallest absolute Gasteiger partial charge is 0.339 e. The Kier molecular flexibility index (Phi) is 9.12.